The second-order valence-electron chi connectivity index (χ2n) is 18.5. The first-order valence-corrected chi connectivity index (χ1v) is 25.0. The molecule has 1 atom stereocenters. The maximum absolute atomic E-state index is 13.4. The van der Waals surface area contributed by atoms with Gasteiger partial charge in [0.05, 0.1) is 22.1 Å². The Balaban J connectivity index is 0.844. The average Bonchev–Trinajstić information content (AvgIpc) is 3.91. The first-order valence-electron chi connectivity index (χ1n) is 25.0. The van der Waals surface area contributed by atoms with Gasteiger partial charge < -0.3 is 31.2 Å². The van der Waals surface area contributed by atoms with Crippen molar-refractivity contribution < 1.29 is 9.59 Å². The van der Waals surface area contributed by atoms with Gasteiger partial charge in [-0.1, -0.05) is 144 Å². The van der Waals surface area contributed by atoms with E-state index >= 15 is 0 Å². The number of nitrogens with two attached hydrogens (primary N) is 2. The number of fused-ring (bicyclic) bond motifs is 6. The van der Waals surface area contributed by atoms with Gasteiger partial charge >= 0.3 is 0 Å². The Morgan fingerprint density at radius 1 is 0.529 bits per heavy atom. The zero-order valence-electron chi connectivity index (χ0n) is 40.2. The normalized spacial score (nSPS) is 12.1. The van der Waals surface area contributed by atoms with Gasteiger partial charge in [0.2, 0.25) is 11.8 Å². The molecule has 0 aliphatic heterocycles. The summed E-state index contributed by atoms with van der Waals surface area (Å²) in [6.07, 6.45) is 12.9. The lowest BCUT2D eigenvalue weighted by atomic mass is 9.92. The molecule has 8 rings (SSSR count). The van der Waals surface area contributed by atoms with Gasteiger partial charge in [-0.15, -0.1) is 0 Å². The Hall–Kier alpha value is -6.82. The third-order valence-corrected chi connectivity index (χ3v) is 13.3. The molecule has 12 nitrogen and oxygen atoms in total. The summed E-state index contributed by atoms with van der Waals surface area (Å²) in [6, 6.07) is 33.1. The van der Waals surface area contributed by atoms with Crippen molar-refractivity contribution >= 4 is 67.3 Å². The van der Waals surface area contributed by atoms with Crippen LogP contribution in [0.3, 0.4) is 0 Å². The van der Waals surface area contributed by atoms with Crippen LogP contribution in [0.5, 0.6) is 0 Å². The van der Waals surface area contributed by atoms with E-state index in [9.17, 15) is 9.59 Å². The predicted molar refractivity (Wildman–Crippen MR) is 277 cm³/mol. The van der Waals surface area contributed by atoms with Gasteiger partial charge in [0, 0.05) is 62.6 Å². The number of para-hydroxylation sites is 2. The van der Waals surface area contributed by atoms with Crippen LogP contribution in [0.2, 0.25) is 0 Å². The maximum atomic E-state index is 13.4. The molecule has 0 fully saturated rings. The van der Waals surface area contributed by atoms with Crippen LogP contribution in [0.25, 0.3) is 43.9 Å². The first-order chi connectivity index (χ1) is 33.2. The largest absolute Gasteiger partial charge is 0.382 e. The molecule has 2 amide bonds. The molecule has 0 saturated heterocycles. The molecule has 6 N–H and O–H groups in total. The van der Waals surface area contributed by atoms with E-state index in [0.29, 0.717) is 57.1 Å². The number of pyridine rings is 2. The van der Waals surface area contributed by atoms with Crippen LogP contribution >= 0.6 is 0 Å². The molecule has 0 radical (unpaired) electrons. The smallest absolute Gasteiger partial charge is 0.220 e. The number of benzene rings is 4. The Bertz CT molecular complexity index is 2970. The van der Waals surface area contributed by atoms with Crippen molar-refractivity contribution in [2.75, 3.05) is 11.5 Å². The monoisotopic (exact) mass is 913 g/mol. The summed E-state index contributed by atoms with van der Waals surface area (Å²) in [6.45, 7) is 8.81. The molecule has 0 bridgehead atoms. The van der Waals surface area contributed by atoms with E-state index in [1.165, 1.54) is 6.42 Å². The van der Waals surface area contributed by atoms with E-state index in [-0.39, 0.29) is 17.7 Å². The van der Waals surface area contributed by atoms with Crippen LogP contribution in [-0.2, 0) is 48.6 Å². The van der Waals surface area contributed by atoms with Crippen LogP contribution in [0.15, 0.2) is 97.1 Å². The van der Waals surface area contributed by atoms with Crippen LogP contribution < -0.4 is 22.1 Å². The molecule has 0 saturated carbocycles. The van der Waals surface area contributed by atoms with E-state index in [4.69, 9.17) is 21.4 Å². The lowest BCUT2D eigenvalue weighted by Gasteiger charge is -2.17. The molecule has 4 aromatic heterocycles. The zero-order valence-corrected chi connectivity index (χ0v) is 40.2. The molecule has 68 heavy (non-hydrogen) atoms. The number of unbranched alkanes of at least 4 members (excludes halogenated alkanes) is 5. The second kappa shape index (κ2) is 22.8. The molecule has 0 aliphatic carbocycles. The summed E-state index contributed by atoms with van der Waals surface area (Å²) in [7, 11) is 0. The van der Waals surface area contributed by atoms with Crippen molar-refractivity contribution in [3.05, 3.63) is 131 Å². The fourth-order valence-corrected chi connectivity index (χ4v) is 9.46. The molecule has 0 spiro atoms. The van der Waals surface area contributed by atoms with Crippen molar-refractivity contribution in [2.45, 2.75) is 137 Å². The van der Waals surface area contributed by atoms with E-state index in [2.05, 4.69) is 111 Å². The molecule has 1 unspecified atom stereocenters. The number of nitrogen functional groups attached to an aromatic ring is 2. The highest BCUT2D eigenvalue weighted by molar-refractivity contribution is 6.07. The highest BCUT2D eigenvalue weighted by atomic mass is 16.2. The van der Waals surface area contributed by atoms with Crippen LogP contribution in [0, 0.1) is 5.92 Å². The number of amides is 2. The zero-order chi connectivity index (χ0) is 47.4. The number of imidazole rings is 2. The summed E-state index contributed by atoms with van der Waals surface area (Å²) in [4.78, 5) is 45.9. The van der Waals surface area contributed by atoms with Crippen LogP contribution in [0.1, 0.15) is 132 Å². The number of rotatable bonds is 24. The Kier molecular flexibility index (Phi) is 16.0. The van der Waals surface area contributed by atoms with Gasteiger partial charge in [0.15, 0.2) is 11.6 Å². The van der Waals surface area contributed by atoms with E-state index in [0.717, 1.165) is 142 Å². The highest BCUT2D eigenvalue weighted by Gasteiger charge is 2.20. The van der Waals surface area contributed by atoms with Gasteiger partial charge in [-0.05, 0) is 66.0 Å². The average molecular weight is 913 g/mol. The first kappa shape index (κ1) is 47.7. The minimum Gasteiger partial charge on any atom is -0.382 e. The topological polar surface area (TPSA) is 172 Å². The number of nitrogens with zero attached hydrogens (tertiary/aromatic N) is 6. The Morgan fingerprint density at radius 3 is 1.47 bits per heavy atom. The molecule has 354 valence electrons. The maximum Gasteiger partial charge on any atom is 0.220 e. The van der Waals surface area contributed by atoms with Crippen LogP contribution in [0.4, 0.5) is 11.6 Å². The number of nitrogens with one attached hydrogen (secondary N) is 2. The molecule has 4 heterocycles. The van der Waals surface area contributed by atoms with Crippen molar-refractivity contribution in [1.82, 2.24) is 39.7 Å². The van der Waals surface area contributed by atoms with Gasteiger partial charge in [-0.3, -0.25) is 9.59 Å². The van der Waals surface area contributed by atoms with Crippen LogP contribution in [-0.4, -0.2) is 40.9 Å². The molecular weight excluding hydrogens is 845 g/mol. The molecule has 0 aliphatic rings. The summed E-state index contributed by atoms with van der Waals surface area (Å²) in [5, 5.41) is 8.40. The standard InChI is InChI=1S/C56H68N10O2/c1-4-7-10-11-16-38(33-50(68)60-35-40-25-29-42(30-26-40)37-66-48(22-9-6-3)64-52-54(66)44-18-13-15-20-46(44)62-56(52)58)31-32-49(67)59-34-39-23-27-41(28-24-39)36-65-47(21-8-5-2)63-51-53(65)43-17-12-14-19-45(43)61-55(51)57/h12-15,17-20,23-30,38H,4-11,16,21-22,31-37H2,1-3H3,(H2,57,61)(H2,58,62)(H,59,67)(H,60,68). The number of hydrogen-bond donors (Lipinski definition) is 4. The quantitative estimate of drug-likeness (QED) is 0.0434. The number of hydrogen-bond acceptors (Lipinski definition) is 8. The number of carbonyl (C=O) groups excluding carboxylic acids is 2. The van der Waals surface area contributed by atoms with Gasteiger partial charge in [-0.25, -0.2) is 19.9 Å². The summed E-state index contributed by atoms with van der Waals surface area (Å²) in [5.41, 5.74) is 22.5. The Labute approximate surface area is 400 Å². The highest BCUT2D eigenvalue weighted by Crippen LogP contribution is 2.32. The van der Waals surface area contributed by atoms with Crippen molar-refractivity contribution in [3.63, 3.8) is 0 Å². The number of carbonyl (C=O) groups is 2. The fourth-order valence-electron chi connectivity index (χ4n) is 9.46. The van der Waals surface area contributed by atoms with Gasteiger partial charge in [-0.2, -0.15) is 0 Å². The number of aryl methyl sites for hydroxylation is 2. The molecule has 4 aromatic carbocycles. The lowest BCUT2D eigenvalue weighted by molar-refractivity contribution is -0.124. The third kappa shape index (κ3) is 11.5. The minimum atomic E-state index is 0.00570. The summed E-state index contributed by atoms with van der Waals surface area (Å²) < 4.78 is 4.59. The van der Waals surface area contributed by atoms with E-state index < -0.39 is 0 Å². The Morgan fingerprint density at radius 2 is 0.985 bits per heavy atom. The summed E-state index contributed by atoms with van der Waals surface area (Å²) >= 11 is 0. The minimum absolute atomic E-state index is 0.00570. The van der Waals surface area contributed by atoms with E-state index in [1.54, 1.807) is 0 Å². The fraction of sp³-hybridized carbons (Fsp3) is 0.393. The van der Waals surface area contributed by atoms with Crippen molar-refractivity contribution in [1.29, 1.82) is 0 Å². The van der Waals surface area contributed by atoms with Crippen molar-refractivity contribution in [3.8, 4) is 0 Å². The van der Waals surface area contributed by atoms with Crippen molar-refractivity contribution in [2.24, 2.45) is 5.92 Å². The third-order valence-electron chi connectivity index (χ3n) is 13.3. The molecule has 8 aromatic rings. The predicted octanol–water partition coefficient (Wildman–Crippen LogP) is 11.1. The lowest BCUT2D eigenvalue weighted by Crippen LogP contribution is -2.27. The SMILES string of the molecule is CCCCCCC(CCC(=O)NCc1ccc(Cn2c(CCCC)nc3c(N)nc4ccccc4c32)cc1)CC(=O)NCc1ccc(Cn2c(CCCC)nc3c(N)nc4ccccc4c32)cc1. The van der Waals surface area contributed by atoms with Gasteiger partial charge in [0.1, 0.15) is 22.7 Å². The molecular formula is C56H68N10O2. The molecule has 12 heteroatoms. The summed E-state index contributed by atoms with van der Waals surface area (Å²) in [5.74, 6) is 3.11. The second-order valence-corrected chi connectivity index (χ2v) is 18.5. The van der Waals surface area contributed by atoms with E-state index in [1.807, 2.05) is 36.4 Å². The number of anilines is 2. The van der Waals surface area contributed by atoms with Gasteiger partial charge in [0.25, 0.3) is 0 Å². The number of aromatic nitrogens is 6.